The highest BCUT2D eigenvalue weighted by molar-refractivity contribution is 7.80. The minimum atomic E-state index is -1.81. The molecule has 1 unspecified atom stereocenters. The summed E-state index contributed by atoms with van der Waals surface area (Å²) in [6.45, 7) is 11.5. The van der Waals surface area contributed by atoms with Gasteiger partial charge in [0.25, 0.3) is 0 Å². The van der Waals surface area contributed by atoms with Gasteiger partial charge in [-0.3, -0.25) is 0 Å². The Morgan fingerprint density at radius 2 is 1.75 bits per heavy atom. The monoisotopic (exact) mass is 425 g/mol. The van der Waals surface area contributed by atoms with Gasteiger partial charge in [0.05, 0.1) is 0 Å². The number of nitrogens with one attached hydrogen (secondary N) is 1. The van der Waals surface area contributed by atoms with Crippen LogP contribution in [0.15, 0.2) is 30.3 Å². The van der Waals surface area contributed by atoms with Crippen LogP contribution in [0.25, 0.3) is 0 Å². The molecule has 1 atom stereocenters. The van der Waals surface area contributed by atoms with Crippen molar-refractivity contribution in [2.75, 3.05) is 0 Å². The number of benzene rings is 1. The van der Waals surface area contributed by atoms with Crippen LogP contribution in [0.2, 0.25) is 19.6 Å². The summed E-state index contributed by atoms with van der Waals surface area (Å²) in [4.78, 5) is 24.7. The fourth-order valence-corrected chi connectivity index (χ4v) is 3.84. The molecule has 0 bridgehead atoms. The molecule has 0 saturated carbocycles. The normalized spacial score (nSPS) is 12.6. The molecule has 0 spiro atoms. The molecule has 156 valence electrons. The Hall–Kier alpha value is -1.93. The lowest BCUT2D eigenvalue weighted by atomic mass is 10.1. The van der Waals surface area contributed by atoms with E-state index in [0.29, 0.717) is 11.5 Å². The number of rotatable bonds is 8. The highest BCUT2D eigenvalue weighted by Gasteiger charge is 2.27. The number of esters is 1. The number of amides is 1. The first-order chi connectivity index (χ1) is 12.9. The van der Waals surface area contributed by atoms with Crippen molar-refractivity contribution in [3.8, 4) is 0 Å². The van der Waals surface area contributed by atoms with Gasteiger partial charge in [0.2, 0.25) is 8.32 Å². The van der Waals surface area contributed by atoms with Gasteiger partial charge in [0, 0.05) is 6.42 Å². The fraction of sp³-hybridized carbons (Fsp3) is 0.550. The molecule has 28 heavy (non-hydrogen) atoms. The number of hydrogen-bond acceptors (Lipinski definition) is 6. The molecule has 0 aromatic heterocycles. The quantitative estimate of drug-likeness (QED) is 0.373. The Morgan fingerprint density at radius 1 is 1.14 bits per heavy atom. The van der Waals surface area contributed by atoms with Crippen molar-refractivity contribution in [3.63, 3.8) is 0 Å². The number of thiocarbonyl (C=S) groups is 1. The molecule has 1 amide bonds. The van der Waals surface area contributed by atoms with E-state index in [1.807, 2.05) is 50.0 Å². The van der Waals surface area contributed by atoms with Crippen molar-refractivity contribution in [3.05, 3.63) is 35.9 Å². The zero-order valence-corrected chi connectivity index (χ0v) is 19.4. The molecule has 0 aliphatic heterocycles. The summed E-state index contributed by atoms with van der Waals surface area (Å²) in [5, 5.41) is 3.02. The highest BCUT2D eigenvalue weighted by atomic mass is 32.1. The number of ether oxygens (including phenoxy) is 2. The summed E-state index contributed by atoms with van der Waals surface area (Å²) in [6.07, 6.45) is -0.0392. The van der Waals surface area contributed by atoms with Crippen LogP contribution in [0.3, 0.4) is 0 Å². The van der Waals surface area contributed by atoms with E-state index in [-0.39, 0.29) is 13.0 Å². The average molecular weight is 426 g/mol. The van der Waals surface area contributed by atoms with Gasteiger partial charge < -0.3 is 19.2 Å². The van der Waals surface area contributed by atoms with E-state index in [2.05, 4.69) is 5.32 Å². The number of hydrogen-bond donors (Lipinski definition) is 1. The second-order valence-electron chi connectivity index (χ2n) is 8.42. The summed E-state index contributed by atoms with van der Waals surface area (Å²) >= 11 is 5.27. The van der Waals surface area contributed by atoms with Gasteiger partial charge in [-0.05, 0) is 64.6 Å². The van der Waals surface area contributed by atoms with Gasteiger partial charge in [-0.25, -0.2) is 9.59 Å². The number of carbonyl (C=O) groups excluding carboxylic acids is 2. The van der Waals surface area contributed by atoms with E-state index >= 15 is 0 Å². The second-order valence-corrected chi connectivity index (χ2v) is 13.3. The van der Waals surface area contributed by atoms with E-state index in [1.54, 1.807) is 20.8 Å². The van der Waals surface area contributed by atoms with Gasteiger partial charge in [-0.1, -0.05) is 30.3 Å². The molecule has 0 saturated heterocycles. The SMILES string of the molecule is CC(C)(C)OC(=O)NC(CCC(=S)O[Si](C)(C)C)C(=O)OCc1ccccc1. The van der Waals surface area contributed by atoms with Crippen molar-refractivity contribution in [1.29, 1.82) is 0 Å². The molecule has 1 rings (SSSR count). The Bertz CT molecular complexity index is 667. The van der Waals surface area contributed by atoms with Crippen molar-refractivity contribution in [2.24, 2.45) is 0 Å². The molecule has 1 aromatic rings. The lowest BCUT2D eigenvalue weighted by molar-refractivity contribution is -0.147. The second kappa shape index (κ2) is 10.6. The standard InChI is InChI=1S/C20H31NO5SSi/c1-20(2,3)25-19(23)21-16(12-13-17(27)26-28(4,5)6)18(22)24-14-15-10-8-7-9-11-15/h7-11,16H,12-14H2,1-6H3,(H,21,23). The Labute approximate surface area is 174 Å². The first-order valence-electron chi connectivity index (χ1n) is 9.28. The van der Waals surface area contributed by atoms with Crippen LogP contribution < -0.4 is 5.32 Å². The Kier molecular flexibility index (Phi) is 9.10. The molecular weight excluding hydrogens is 394 g/mol. The Morgan fingerprint density at radius 3 is 2.29 bits per heavy atom. The minimum absolute atomic E-state index is 0.127. The van der Waals surface area contributed by atoms with Gasteiger partial charge in [-0.15, -0.1) is 0 Å². The van der Waals surface area contributed by atoms with Crippen LogP contribution in [-0.4, -0.2) is 37.1 Å². The molecule has 0 fully saturated rings. The third-order valence-electron chi connectivity index (χ3n) is 3.26. The van der Waals surface area contributed by atoms with E-state index in [4.69, 9.17) is 26.1 Å². The van der Waals surface area contributed by atoms with Crippen LogP contribution in [0.5, 0.6) is 0 Å². The van der Waals surface area contributed by atoms with Gasteiger partial charge in [0.15, 0.2) is 0 Å². The van der Waals surface area contributed by atoms with E-state index in [0.717, 1.165) is 5.56 Å². The average Bonchev–Trinajstić information content (AvgIpc) is 2.54. The zero-order valence-electron chi connectivity index (χ0n) is 17.5. The highest BCUT2D eigenvalue weighted by Crippen LogP contribution is 2.12. The van der Waals surface area contributed by atoms with Crippen molar-refractivity contribution in [1.82, 2.24) is 5.32 Å². The largest absolute Gasteiger partial charge is 0.540 e. The summed E-state index contributed by atoms with van der Waals surface area (Å²) in [6, 6.07) is 8.47. The van der Waals surface area contributed by atoms with E-state index in [1.165, 1.54) is 0 Å². The molecule has 0 aliphatic rings. The molecule has 0 aliphatic carbocycles. The van der Waals surface area contributed by atoms with Crippen LogP contribution in [-0.2, 0) is 25.3 Å². The molecule has 6 nitrogen and oxygen atoms in total. The predicted octanol–water partition coefficient (Wildman–Crippen LogP) is 4.58. The number of alkyl carbamates (subject to hydrolysis) is 1. The molecule has 1 aromatic carbocycles. The van der Waals surface area contributed by atoms with Crippen LogP contribution in [0.1, 0.15) is 39.2 Å². The lowest BCUT2D eigenvalue weighted by Crippen LogP contribution is -2.44. The van der Waals surface area contributed by atoms with Crippen LogP contribution in [0, 0.1) is 0 Å². The topological polar surface area (TPSA) is 73.9 Å². The Balaban J connectivity index is 2.71. The van der Waals surface area contributed by atoms with Crippen molar-refractivity contribution >= 4 is 37.6 Å². The smallest absolute Gasteiger partial charge is 0.408 e. The first kappa shape index (κ1) is 24.1. The van der Waals surface area contributed by atoms with Gasteiger partial charge in [-0.2, -0.15) is 0 Å². The zero-order chi connectivity index (χ0) is 21.4. The molecule has 0 heterocycles. The van der Waals surface area contributed by atoms with Crippen LogP contribution >= 0.6 is 12.2 Å². The third-order valence-corrected chi connectivity index (χ3v) is 4.55. The van der Waals surface area contributed by atoms with Gasteiger partial charge >= 0.3 is 12.1 Å². The van der Waals surface area contributed by atoms with Crippen molar-refractivity contribution in [2.45, 2.75) is 71.5 Å². The molecule has 8 heteroatoms. The maximum Gasteiger partial charge on any atom is 0.408 e. The van der Waals surface area contributed by atoms with Crippen LogP contribution in [0.4, 0.5) is 4.79 Å². The van der Waals surface area contributed by atoms with Gasteiger partial charge in [0.1, 0.15) is 23.3 Å². The summed E-state index contributed by atoms with van der Waals surface area (Å²) in [7, 11) is -1.81. The maximum absolute atomic E-state index is 12.5. The summed E-state index contributed by atoms with van der Waals surface area (Å²) < 4.78 is 16.4. The predicted molar refractivity (Wildman–Crippen MR) is 116 cm³/mol. The van der Waals surface area contributed by atoms with E-state index in [9.17, 15) is 9.59 Å². The molecule has 0 radical (unpaired) electrons. The van der Waals surface area contributed by atoms with Crippen molar-refractivity contribution < 1.29 is 23.5 Å². The third kappa shape index (κ3) is 11.0. The maximum atomic E-state index is 12.5. The van der Waals surface area contributed by atoms with E-state index < -0.39 is 32.0 Å². The molecular formula is C20H31NO5SSi. The summed E-state index contributed by atoms with van der Waals surface area (Å²) in [5.41, 5.74) is 0.197. The first-order valence-corrected chi connectivity index (χ1v) is 13.1. The fourth-order valence-electron chi connectivity index (χ4n) is 2.18. The summed E-state index contributed by atoms with van der Waals surface area (Å²) in [5.74, 6) is -0.537. The molecule has 1 N–H and O–H groups in total. The minimum Gasteiger partial charge on any atom is -0.540 e. The number of carbonyl (C=O) groups is 2. The lowest BCUT2D eigenvalue weighted by Gasteiger charge is -2.24.